The Morgan fingerprint density at radius 2 is 2.31 bits per heavy atom. The Bertz CT molecular complexity index is 281. The number of nitrogens with zero attached hydrogens (tertiary/aromatic N) is 1. The first-order chi connectivity index (χ1) is 7.43. The van der Waals surface area contributed by atoms with Gasteiger partial charge in [-0.2, -0.15) is 0 Å². The molecular formula is C12H21NO2S. The quantitative estimate of drug-likeness (QED) is 0.565. The third-order valence-corrected chi connectivity index (χ3v) is 3.68. The van der Waals surface area contributed by atoms with E-state index < -0.39 is 11.4 Å². The van der Waals surface area contributed by atoms with Gasteiger partial charge in [0.15, 0.2) is 0 Å². The van der Waals surface area contributed by atoms with Gasteiger partial charge in [0.05, 0.1) is 12.0 Å². The van der Waals surface area contributed by atoms with E-state index in [1.807, 2.05) is 20.8 Å². The van der Waals surface area contributed by atoms with Gasteiger partial charge in [0.1, 0.15) is 22.2 Å². The molecule has 0 radical (unpaired) electrons. The summed E-state index contributed by atoms with van der Waals surface area (Å²) in [4.78, 5) is 0. The molecule has 4 heteroatoms. The van der Waals surface area contributed by atoms with E-state index in [0.29, 0.717) is 0 Å². The molecule has 0 spiro atoms. The van der Waals surface area contributed by atoms with Gasteiger partial charge in [-0.25, -0.2) is 0 Å². The first-order valence-electron chi connectivity index (χ1n) is 5.75. The minimum absolute atomic E-state index is 0.00810. The molecule has 1 unspecified atom stereocenters. The van der Waals surface area contributed by atoms with E-state index in [-0.39, 0.29) is 10.9 Å². The summed E-state index contributed by atoms with van der Waals surface area (Å²) >= 11 is -1.18. The standard InChI is InChI=1S/C12H21NO2S/c1-5-10-7-6-8-11(15-10)9-13-16(14)12(2,3)4/h7,9,11H,5-6,8H2,1-4H3/t11-,16?/m0/s1. The minimum Gasteiger partial charge on any atom is -0.591 e. The minimum atomic E-state index is -1.18. The van der Waals surface area contributed by atoms with Crippen LogP contribution >= 0.6 is 0 Å². The van der Waals surface area contributed by atoms with Gasteiger partial charge in [0.2, 0.25) is 0 Å². The zero-order valence-corrected chi connectivity index (χ0v) is 11.3. The average molecular weight is 243 g/mol. The fourth-order valence-corrected chi connectivity index (χ4v) is 1.89. The third kappa shape index (κ3) is 4.18. The molecule has 0 saturated carbocycles. The Hall–Kier alpha value is -0.480. The van der Waals surface area contributed by atoms with Gasteiger partial charge < -0.3 is 9.29 Å². The van der Waals surface area contributed by atoms with Crippen LogP contribution in [0.25, 0.3) is 0 Å². The molecule has 0 N–H and O–H groups in total. The molecule has 0 fully saturated rings. The molecule has 0 aromatic heterocycles. The molecule has 1 aliphatic heterocycles. The zero-order chi connectivity index (χ0) is 12.2. The van der Waals surface area contributed by atoms with Crippen molar-refractivity contribution < 1.29 is 9.29 Å². The van der Waals surface area contributed by atoms with Crippen molar-refractivity contribution in [1.82, 2.24) is 0 Å². The van der Waals surface area contributed by atoms with Gasteiger partial charge in [-0.3, -0.25) is 0 Å². The van der Waals surface area contributed by atoms with E-state index in [9.17, 15) is 4.55 Å². The van der Waals surface area contributed by atoms with E-state index in [2.05, 4.69) is 17.4 Å². The predicted octanol–water partition coefficient (Wildman–Crippen LogP) is 2.99. The molecule has 1 rings (SSSR count). The van der Waals surface area contributed by atoms with Crippen molar-refractivity contribution in [2.75, 3.05) is 0 Å². The number of hydrogen-bond donors (Lipinski definition) is 0. The molecule has 2 atom stereocenters. The number of rotatable bonds is 3. The van der Waals surface area contributed by atoms with Crippen LogP contribution in [0, 0.1) is 0 Å². The van der Waals surface area contributed by atoms with Crippen molar-refractivity contribution in [3.05, 3.63) is 11.8 Å². The zero-order valence-electron chi connectivity index (χ0n) is 10.5. The highest BCUT2D eigenvalue weighted by atomic mass is 32.2. The average Bonchev–Trinajstić information content (AvgIpc) is 2.25. The van der Waals surface area contributed by atoms with Crippen LogP contribution in [-0.2, 0) is 16.1 Å². The third-order valence-electron chi connectivity index (χ3n) is 2.32. The van der Waals surface area contributed by atoms with Crippen molar-refractivity contribution in [2.45, 2.75) is 57.8 Å². The van der Waals surface area contributed by atoms with E-state index in [4.69, 9.17) is 4.74 Å². The van der Waals surface area contributed by atoms with Gasteiger partial charge in [-0.1, -0.05) is 11.3 Å². The van der Waals surface area contributed by atoms with Crippen molar-refractivity contribution in [3.63, 3.8) is 0 Å². The highest BCUT2D eigenvalue weighted by molar-refractivity contribution is 7.91. The summed E-state index contributed by atoms with van der Waals surface area (Å²) in [5, 5.41) is 0. The Kier molecular flexibility index (Phi) is 4.87. The van der Waals surface area contributed by atoms with E-state index in [1.54, 1.807) is 6.21 Å². The smallest absolute Gasteiger partial charge is 0.144 e. The summed E-state index contributed by atoms with van der Waals surface area (Å²) in [5.41, 5.74) is 0. The Morgan fingerprint density at radius 1 is 1.62 bits per heavy atom. The van der Waals surface area contributed by atoms with E-state index >= 15 is 0 Å². The summed E-state index contributed by atoms with van der Waals surface area (Å²) in [6.45, 7) is 7.82. The van der Waals surface area contributed by atoms with Crippen molar-refractivity contribution in [3.8, 4) is 0 Å². The number of allylic oxidation sites excluding steroid dienone is 2. The maximum absolute atomic E-state index is 11.7. The first kappa shape index (κ1) is 13.6. The van der Waals surface area contributed by atoms with Crippen molar-refractivity contribution >= 4 is 17.6 Å². The van der Waals surface area contributed by atoms with Crippen LogP contribution in [-0.4, -0.2) is 21.6 Å². The molecule has 0 aromatic carbocycles. The summed E-state index contributed by atoms with van der Waals surface area (Å²) < 4.78 is 21.2. The Balaban J connectivity index is 2.49. The molecule has 0 aliphatic carbocycles. The summed E-state index contributed by atoms with van der Waals surface area (Å²) in [6, 6.07) is 0. The van der Waals surface area contributed by atoms with Gasteiger partial charge in [0.25, 0.3) is 0 Å². The summed E-state index contributed by atoms with van der Waals surface area (Å²) in [6.07, 6.45) is 6.66. The molecule has 1 aliphatic rings. The second kappa shape index (κ2) is 5.73. The lowest BCUT2D eigenvalue weighted by Gasteiger charge is -2.22. The van der Waals surface area contributed by atoms with E-state index in [0.717, 1.165) is 25.0 Å². The second-order valence-electron chi connectivity index (χ2n) is 4.87. The predicted molar refractivity (Wildman–Crippen MR) is 68.9 cm³/mol. The molecule has 0 aromatic rings. The van der Waals surface area contributed by atoms with Gasteiger partial charge in [-0.15, -0.1) is 0 Å². The van der Waals surface area contributed by atoms with Crippen LogP contribution in [0.2, 0.25) is 0 Å². The number of hydrogen-bond acceptors (Lipinski definition) is 3. The van der Waals surface area contributed by atoms with Gasteiger partial charge in [-0.05, 0) is 39.7 Å². The molecule has 0 saturated heterocycles. The SMILES string of the molecule is CCC1=CCC[C@@H](C=N[S+]([O-])C(C)(C)C)O1. The Labute approximate surface area is 101 Å². The van der Waals surface area contributed by atoms with Crippen molar-refractivity contribution in [2.24, 2.45) is 4.40 Å². The monoisotopic (exact) mass is 243 g/mol. The highest BCUT2D eigenvalue weighted by Crippen LogP contribution is 2.20. The van der Waals surface area contributed by atoms with Crippen LogP contribution in [0.15, 0.2) is 16.2 Å². The topological polar surface area (TPSA) is 44.7 Å². The fraction of sp³-hybridized carbons (Fsp3) is 0.750. The largest absolute Gasteiger partial charge is 0.591 e. The molecular weight excluding hydrogens is 222 g/mol. The molecule has 3 nitrogen and oxygen atoms in total. The maximum Gasteiger partial charge on any atom is 0.144 e. The maximum atomic E-state index is 11.7. The van der Waals surface area contributed by atoms with E-state index in [1.165, 1.54) is 0 Å². The normalized spacial score (nSPS) is 24.1. The Morgan fingerprint density at radius 3 is 2.88 bits per heavy atom. The van der Waals surface area contributed by atoms with Crippen LogP contribution < -0.4 is 0 Å². The lowest BCUT2D eigenvalue weighted by Crippen LogP contribution is -2.27. The molecule has 92 valence electrons. The highest BCUT2D eigenvalue weighted by Gasteiger charge is 2.26. The number of ether oxygens (including phenoxy) is 1. The summed E-state index contributed by atoms with van der Waals surface area (Å²) in [5.74, 6) is 1.02. The van der Waals surface area contributed by atoms with Crippen LogP contribution in [0.4, 0.5) is 0 Å². The van der Waals surface area contributed by atoms with Crippen molar-refractivity contribution in [1.29, 1.82) is 0 Å². The fourth-order valence-electron chi connectivity index (χ4n) is 1.32. The molecule has 0 amide bonds. The van der Waals surface area contributed by atoms with Crippen LogP contribution in [0.5, 0.6) is 0 Å². The van der Waals surface area contributed by atoms with Crippen LogP contribution in [0.3, 0.4) is 0 Å². The summed E-state index contributed by atoms with van der Waals surface area (Å²) in [7, 11) is 0. The second-order valence-corrected chi connectivity index (χ2v) is 6.81. The lowest BCUT2D eigenvalue weighted by molar-refractivity contribution is 0.145. The molecule has 0 bridgehead atoms. The molecule has 1 heterocycles. The first-order valence-corrected chi connectivity index (χ1v) is 6.86. The lowest BCUT2D eigenvalue weighted by atomic mass is 10.1. The van der Waals surface area contributed by atoms with Gasteiger partial charge in [0, 0.05) is 6.42 Å². The molecule has 16 heavy (non-hydrogen) atoms. The van der Waals surface area contributed by atoms with Gasteiger partial charge >= 0.3 is 0 Å². The van der Waals surface area contributed by atoms with Crippen LogP contribution in [0.1, 0.15) is 47.0 Å².